The Morgan fingerprint density at radius 2 is 1.62 bits per heavy atom. The lowest BCUT2D eigenvalue weighted by Crippen LogP contribution is -2.22. The maximum absolute atomic E-state index is 12.4. The van der Waals surface area contributed by atoms with Gasteiger partial charge in [0.05, 0.1) is 13.7 Å². The van der Waals surface area contributed by atoms with Gasteiger partial charge in [0.1, 0.15) is 12.4 Å². The molecule has 0 aliphatic rings. The number of ether oxygens (including phenoxy) is 3. The first-order valence-electron chi connectivity index (χ1n) is 9.54. The van der Waals surface area contributed by atoms with E-state index in [1.165, 1.54) is 0 Å². The normalized spacial score (nSPS) is 10.3. The van der Waals surface area contributed by atoms with E-state index in [1.54, 1.807) is 25.3 Å². The molecule has 3 rings (SSSR count). The summed E-state index contributed by atoms with van der Waals surface area (Å²) in [6, 6.07) is 22.9. The van der Waals surface area contributed by atoms with Crippen molar-refractivity contribution in [3.05, 3.63) is 89.5 Å². The van der Waals surface area contributed by atoms with Crippen LogP contribution in [-0.2, 0) is 13.2 Å². The number of rotatable bonds is 9. The second-order valence-electron chi connectivity index (χ2n) is 6.40. The quantitative estimate of drug-likeness (QED) is 0.579. The molecular weight excluding hydrogens is 366 g/mol. The Labute approximate surface area is 171 Å². The number of carbonyl (C=O) groups is 1. The maximum Gasteiger partial charge on any atom is 0.251 e. The third kappa shape index (κ3) is 5.75. The standard InChI is InChI=1S/C24H25NO4/c1-3-28-22-14-11-20(15-23(22)27-2)24(26)25-16-18-9-12-21(13-10-18)29-17-19-7-5-4-6-8-19/h4-15H,3,16-17H2,1-2H3,(H,25,26). The molecule has 29 heavy (non-hydrogen) atoms. The van der Waals surface area contributed by atoms with Crippen LogP contribution in [0.1, 0.15) is 28.4 Å². The summed E-state index contributed by atoms with van der Waals surface area (Å²) in [5.74, 6) is 1.79. The lowest BCUT2D eigenvalue weighted by Gasteiger charge is -2.11. The van der Waals surface area contributed by atoms with Crippen molar-refractivity contribution in [3.8, 4) is 17.2 Å². The molecule has 0 atom stereocenters. The van der Waals surface area contributed by atoms with Crippen LogP contribution in [0.2, 0.25) is 0 Å². The van der Waals surface area contributed by atoms with E-state index in [1.807, 2.05) is 61.5 Å². The third-order valence-electron chi connectivity index (χ3n) is 4.35. The van der Waals surface area contributed by atoms with Gasteiger partial charge < -0.3 is 19.5 Å². The minimum Gasteiger partial charge on any atom is -0.493 e. The number of methoxy groups -OCH3 is 1. The molecule has 0 aliphatic carbocycles. The average molecular weight is 391 g/mol. The summed E-state index contributed by atoms with van der Waals surface area (Å²) in [5.41, 5.74) is 2.63. The molecule has 3 aromatic carbocycles. The van der Waals surface area contributed by atoms with Crippen LogP contribution in [0.3, 0.4) is 0 Å². The molecule has 150 valence electrons. The maximum atomic E-state index is 12.4. The van der Waals surface area contributed by atoms with E-state index in [-0.39, 0.29) is 5.91 Å². The summed E-state index contributed by atoms with van der Waals surface area (Å²) < 4.78 is 16.6. The summed E-state index contributed by atoms with van der Waals surface area (Å²) in [6.45, 7) is 3.38. The summed E-state index contributed by atoms with van der Waals surface area (Å²) in [7, 11) is 1.56. The monoisotopic (exact) mass is 391 g/mol. The first-order valence-corrected chi connectivity index (χ1v) is 9.54. The van der Waals surface area contributed by atoms with Gasteiger partial charge in [0.2, 0.25) is 0 Å². The Morgan fingerprint density at radius 1 is 0.862 bits per heavy atom. The van der Waals surface area contributed by atoms with Gasteiger partial charge in [-0.15, -0.1) is 0 Å². The van der Waals surface area contributed by atoms with Crippen molar-refractivity contribution in [2.45, 2.75) is 20.1 Å². The van der Waals surface area contributed by atoms with Gasteiger partial charge in [0, 0.05) is 12.1 Å². The van der Waals surface area contributed by atoms with Crippen LogP contribution in [-0.4, -0.2) is 19.6 Å². The van der Waals surface area contributed by atoms with Crippen LogP contribution in [0, 0.1) is 0 Å². The van der Waals surface area contributed by atoms with Crippen molar-refractivity contribution in [1.82, 2.24) is 5.32 Å². The fraction of sp³-hybridized carbons (Fsp3) is 0.208. The lowest BCUT2D eigenvalue weighted by atomic mass is 10.1. The fourth-order valence-electron chi connectivity index (χ4n) is 2.81. The number of nitrogens with one attached hydrogen (secondary N) is 1. The molecule has 0 saturated carbocycles. The van der Waals surface area contributed by atoms with Crippen LogP contribution in [0.15, 0.2) is 72.8 Å². The molecule has 0 unspecified atom stereocenters. The van der Waals surface area contributed by atoms with E-state index < -0.39 is 0 Å². The summed E-state index contributed by atoms with van der Waals surface area (Å²) in [6.07, 6.45) is 0. The van der Waals surface area contributed by atoms with Gasteiger partial charge >= 0.3 is 0 Å². The number of amides is 1. The van der Waals surface area contributed by atoms with Crippen molar-refractivity contribution in [2.24, 2.45) is 0 Å². The number of carbonyl (C=O) groups excluding carboxylic acids is 1. The Morgan fingerprint density at radius 3 is 2.31 bits per heavy atom. The molecule has 1 amide bonds. The molecule has 0 fully saturated rings. The number of hydrogen-bond acceptors (Lipinski definition) is 4. The van der Waals surface area contributed by atoms with Crippen LogP contribution < -0.4 is 19.5 Å². The van der Waals surface area contributed by atoms with Crippen LogP contribution in [0.5, 0.6) is 17.2 Å². The SMILES string of the molecule is CCOc1ccc(C(=O)NCc2ccc(OCc3ccccc3)cc2)cc1OC. The fourth-order valence-corrected chi connectivity index (χ4v) is 2.81. The molecule has 3 aromatic rings. The zero-order valence-electron chi connectivity index (χ0n) is 16.7. The van der Waals surface area contributed by atoms with Crippen LogP contribution >= 0.6 is 0 Å². The average Bonchev–Trinajstić information content (AvgIpc) is 2.78. The van der Waals surface area contributed by atoms with E-state index in [2.05, 4.69) is 5.32 Å². The first-order chi connectivity index (χ1) is 14.2. The summed E-state index contributed by atoms with van der Waals surface area (Å²) in [5, 5.41) is 2.92. The highest BCUT2D eigenvalue weighted by Crippen LogP contribution is 2.28. The molecule has 1 N–H and O–H groups in total. The lowest BCUT2D eigenvalue weighted by molar-refractivity contribution is 0.0950. The number of benzene rings is 3. The zero-order chi connectivity index (χ0) is 20.5. The van der Waals surface area contributed by atoms with Gasteiger partial charge in [-0.3, -0.25) is 4.79 Å². The molecule has 0 bridgehead atoms. The van der Waals surface area contributed by atoms with Crippen molar-refractivity contribution in [1.29, 1.82) is 0 Å². The Kier molecular flexibility index (Phi) is 7.11. The molecule has 0 spiro atoms. The smallest absolute Gasteiger partial charge is 0.251 e. The molecule has 0 saturated heterocycles. The third-order valence-corrected chi connectivity index (χ3v) is 4.35. The van der Waals surface area contributed by atoms with Crippen molar-refractivity contribution < 1.29 is 19.0 Å². The minimum absolute atomic E-state index is 0.171. The zero-order valence-corrected chi connectivity index (χ0v) is 16.7. The molecule has 0 aliphatic heterocycles. The topological polar surface area (TPSA) is 56.8 Å². The predicted octanol–water partition coefficient (Wildman–Crippen LogP) is 4.60. The van der Waals surface area contributed by atoms with Gasteiger partial charge in [-0.2, -0.15) is 0 Å². The second-order valence-corrected chi connectivity index (χ2v) is 6.40. The molecule has 0 radical (unpaired) electrons. The minimum atomic E-state index is -0.171. The van der Waals surface area contributed by atoms with E-state index in [9.17, 15) is 4.79 Å². The highest BCUT2D eigenvalue weighted by atomic mass is 16.5. The first kappa shape index (κ1) is 20.3. The largest absolute Gasteiger partial charge is 0.493 e. The molecule has 5 heteroatoms. The van der Waals surface area contributed by atoms with Gasteiger partial charge in [-0.25, -0.2) is 0 Å². The van der Waals surface area contributed by atoms with Crippen LogP contribution in [0.25, 0.3) is 0 Å². The van der Waals surface area contributed by atoms with E-state index >= 15 is 0 Å². The molecule has 0 heterocycles. The Hall–Kier alpha value is -3.47. The Balaban J connectivity index is 1.53. The summed E-state index contributed by atoms with van der Waals surface area (Å²) in [4.78, 5) is 12.4. The van der Waals surface area contributed by atoms with Crippen LogP contribution in [0.4, 0.5) is 0 Å². The molecular formula is C24H25NO4. The highest BCUT2D eigenvalue weighted by molar-refractivity contribution is 5.94. The second kappa shape index (κ2) is 10.2. The van der Waals surface area contributed by atoms with E-state index in [0.29, 0.717) is 36.8 Å². The van der Waals surface area contributed by atoms with E-state index in [4.69, 9.17) is 14.2 Å². The van der Waals surface area contributed by atoms with Gasteiger partial charge in [0.25, 0.3) is 5.91 Å². The summed E-state index contributed by atoms with van der Waals surface area (Å²) >= 11 is 0. The molecule has 0 aromatic heterocycles. The van der Waals surface area contributed by atoms with Gasteiger partial charge in [-0.05, 0) is 48.4 Å². The van der Waals surface area contributed by atoms with Crippen molar-refractivity contribution in [2.75, 3.05) is 13.7 Å². The highest BCUT2D eigenvalue weighted by Gasteiger charge is 2.11. The molecule has 5 nitrogen and oxygen atoms in total. The van der Waals surface area contributed by atoms with Crippen molar-refractivity contribution in [3.63, 3.8) is 0 Å². The van der Waals surface area contributed by atoms with E-state index in [0.717, 1.165) is 16.9 Å². The van der Waals surface area contributed by atoms with Crippen molar-refractivity contribution >= 4 is 5.91 Å². The van der Waals surface area contributed by atoms with Gasteiger partial charge in [-0.1, -0.05) is 42.5 Å². The van der Waals surface area contributed by atoms with Gasteiger partial charge in [0.15, 0.2) is 11.5 Å². The Bertz CT molecular complexity index is 923. The predicted molar refractivity (Wildman–Crippen MR) is 113 cm³/mol. The number of hydrogen-bond donors (Lipinski definition) is 1.